The molecule has 3 nitrogen and oxygen atoms in total. The molecule has 0 saturated carbocycles. The van der Waals surface area contributed by atoms with Gasteiger partial charge in [0.2, 0.25) is 0 Å². The number of likely N-dealkylation sites (tertiary alicyclic amines) is 1. The number of rotatable bonds is 7. The summed E-state index contributed by atoms with van der Waals surface area (Å²) in [5, 5.41) is 5.72. The van der Waals surface area contributed by atoms with Crippen LogP contribution in [0.1, 0.15) is 11.8 Å². The minimum Gasteiger partial charge on any atom is -0.315 e. The lowest BCUT2D eigenvalue weighted by Gasteiger charge is -2.22. The summed E-state index contributed by atoms with van der Waals surface area (Å²) in [7, 11) is 4.40. The second kappa shape index (κ2) is 7.39. The van der Waals surface area contributed by atoms with E-state index in [1.54, 1.807) is 0 Å². The number of hydrogen-bond donors (Lipinski definition) is 1. The van der Waals surface area contributed by atoms with Gasteiger partial charge in [0.25, 0.3) is 0 Å². The van der Waals surface area contributed by atoms with Crippen LogP contribution in [0.2, 0.25) is 0 Å². The van der Waals surface area contributed by atoms with Gasteiger partial charge in [-0.05, 0) is 37.9 Å². The van der Waals surface area contributed by atoms with Crippen molar-refractivity contribution >= 4 is 11.3 Å². The summed E-state index contributed by atoms with van der Waals surface area (Å²) >= 11 is 1.85. The van der Waals surface area contributed by atoms with Crippen molar-refractivity contribution in [3.63, 3.8) is 0 Å². The minimum atomic E-state index is 0.728. The van der Waals surface area contributed by atoms with Gasteiger partial charge in [0.1, 0.15) is 0 Å². The van der Waals surface area contributed by atoms with Gasteiger partial charge in [-0.25, -0.2) is 0 Å². The van der Waals surface area contributed by atoms with Gasteiger partial charge in [0.05, 0.1) is 0 Å². The van der Waals surface area contributed by atoms with Crippen LogP contribution < -0.4 is 5.32 Å². The summed E-state index contributed by atoms with van der Waals surface area (Å²) in [6, 6.07) is 5.08. The minimum absolute atomic E-state index is 0.728. The first-order valence-corrected chi connectivity index (χ1v) is 8.16. The first kappa shape index (κ1) is 15.0. The molecule has 1 aromatic rings. The van der Waals surface area contributed by atoms with E-state index in [9.17, 15) is 0 Å². The van der Waals surface area contributed by atoms with Gasteiger partial charge < -0.3 is 15.1 Å². The van der Waals surface area contributed by atoms with Crippen molar-refractivity contribution in [1.29, 1.82) is 0 Å². The molecule has 1 aromatic heterocycles. The lowest BCUT2D eigenvalue weighted by Crippen LogP contribution is -2.36. The maximum Gasteiger partial charge on any atom is 0.0254 e. The summed E-state index contributed by atoms with van der Waals surface area (Å²) in [4.78, 5) is 6.44. The number of hydrogen-bond acceptors (Lipinski definition) is 4. The predicted molar refractivity (Wildman–Crippen MR) is 84.0 cm³/mol. The third-order valence-corrected chi connectivity index (χ3v) is 4.98. The molecule has 0 bridgehead atoms. The van der Waals surface area contributed by atoms with Gasteiger partial charge in [0, 0.05) is 43.6 Å². The van der Waals surface area contributed by atoms with Crippen LogP contribution in [-0.4, -0.2) is 62.7 Å². The van der Waals surface area contributed by atoms with Gasteiger partial charge in [-0.1, -0.05) is 13.0 Å². The summed E-state index contributed by atoms with van der Waals surface area (Å²) < 4.78 is 0. The molecule has 1 N–H and O–H groups in total. The molecule has 4 heteroatoms. The standard InChI is InChI=1S/C15H27N3S/c1-13-11-18(12-15(13)17(2)3)9-8-16-7-6-14-5-4-10-19-14/h4-5,10,13,15-16H,6-9,11-12H2,1-3H3. The maximum atomic E-state index is 3.56. The average molecular weight is 281 g/mol. The number of nitrogens with one attached hydrogen (secondary N) is 1. The fraction of sp³-hybridized carbons (Fsp3) is 0.733. The zero-order valence-corrected chi connectivity index (χ0v) is 13.2. The van der Waals surface area contributed by atoms with Crippen LogP contribution in [0.3, 0.4) is 0 Å². The van der Waals surface area contributed by atoms with E-state index in [4.69, 9.17) is 0 Å². The molecule has 2 heterocycles. The molecule has 108 valence electrons. The molecule has 2 rings (SSSR count). The largest absolute Gasteiger partial charge is 0.315 e. The van der Waals surface area contributed by atoms with E-state index in [0.29, 0.717) is 0 Å². The first-order valence-electron chi connectivity index (χ1n) is 7.28. The van der Waals surface area contributed by atoms with Gasteiger partial charge >= 0.3 is 0 Å². The van der Waals surface area contributed by atoms with Gasteiger partial charge in [-0.15, -0.1) is 11.3 Å². The number of thiophene rings is 1. The summed E-state index contributed by atoms with van der Waals surface area (Å²) in [6.45, 7) is 8.23. The third-order valence-electron chi connectivity index (χ3n) is 4.04. The van der Waals surface area contributed by atoms with E-state index < -0.39 is 0 Å². The van der Waals surface area contributed by atoms with Crippen molar-refractivity contribution in [3.05, 3.63) is 22.4 Å². The van der Waals surface area contributed by atoms with E-state index >= 15 is 0 Å². The van der Waals surface area contributed by atoms with Crippen LogP contribution in [0.5, 0.6) is 0 Å². The Hall–Kier alpha value is -0.420. The Balaban J connectivity index is 1.57. The summed E-state index contributed by atoms with van der Waals surface area (Å²) in [6.07, 6.45) is 1.16. The highest BCUT2D eigenvalue weighted by Crippen LogP contribution is 2.19. The molecule has 2 unspecified atom stereocenters. The van der Waals surface area contributed by atoms with Crippen LogP contribution in [0.15, 0.2) is 17.5 Å². The van der Waals surface area contributed by atoms with Crippen molar-refractivity contribution in [1.82, 2.24) is 15.1 Å². The fourth-order valence-corrected chi connectivity index (χ4v) is 3.64. The van der Waals surface area contributed by atoms with Crippen molar-refractivity contribution < 1.29 is 0 Å². The zero-order valence-electron chi connectivity index (χ0n) is 12.4. The van der Waals surface area contributed by atoms with Crippen molar-refractivity contribution in [2.24, 2.45) is 5.92 Å². The lowest BCUT2D eigenvalue weighted by molar-refractivity contribution is 0.252. The van der Waals surface area contributed by atoms with Gasteiger partial charge in [0.15, 0.2) is 0 Å². The molecule has 0 aromatic carbocycles. The molecular weight excluding hydrogens is 254 g/mol. The molecule has 1 aliphatic rings. The second-order valence-corrected chi connectivity index (χ2v) is 6.88. The van der Waals surface area contributed by atoms with E-state index in [1.807, 2.05) is 11.3 Å². The maximum absolute atomic E-state index is 3.56. The molecule has 1 saturated heterocycles. The van der Waals surface area contributed by atoms with Crippen molar-refractivity contribution in [2.75, 3.05) is 46.8 Å². The molecule has 0 spiro atoms. The van der Waals surface area contributed by atoms with E-state index in [0.717, 1.165) is 31.5 Å². The Kier molecular flexibility index (Phi) is 5.82. The van der Waals surface area contributed by atoms with Crippen LogP contribution in [0.25, 0.3) is 0 Å². The smallest absolute Gasteiger partial charge is 0.0254 e. The molecule has 2 atom stereocenters. The van der Waals surface area contributed by atoms with E-state index in [-0.39, 0.29) is 0 Å². The van der Waals surface area contributed by atoms with Crippen LogP contribution in [-0.2, 0) is 6.42 Å². The predicted octanol–water partition coefficient (Wildman–Crippen LogP) is 1.76. The highest BCUT2D eigenvalue weighted by molar-refractivity contribution is 7.09. The van der Waals surface area contributed by atoms with E-state index in [1.165, 1.54) is 24.5 Å². The third kappa shape index (κ3) is 4.56. The average Bonchev–Trinajstić information content (AvgIpc) is 2.98. The topological polar surface area (TPSA) is 18.5 Å². The van der Waals surface area contributed by atoms with E-state index in [2.05, 4.69) is 53.6 Å². The summed E-state index contributed by atoms with van der Waals surface area (Å²) in [5.74, 6) is 0.793. The Morgan fingerprint density at radius 2 is 2.21 bits per heavy atom. The van der Waals surface area contributed by atoms with Crippen molar-refractivity contribution in [3.8, 4) is 0 Å². The molecule has 0 radical (unpaired) electrons. The fourth-order valence-electron chi connectivity index (χ4n) is 2.93. The summed E-state index contributed by atoms with van der Waals surface area (Å²) in [5.41, 5.74) is 0. The second-order valence-electron chi connectivity index (χ2n) is 5.85. The van der Waals surface area contributed by atoms with Crippen LogP contribution >= 0.6 is 11.3 Å². The zero-order chi connectivity index (χ0) is 13.7. The highest BCUT2D eigenvalue weighted by Gasteiger charge is 2.30. The Morgan fingerprint density at radius 3 is 2.84 bits per heavy atom. The molecule has 0 amide bonds. The number of likely N-dealkylation sites (N-methyl/N-ethyl adjacent to an activating group) is 1. The SMILES string of the molecule is CC1CN(CCNCCc2cccs2)CC1N(C)C. The normalized spacial score (nSPS) is 24.4. The molecule has 0 aliphatic carbocycles. The highest BCUT2D eigenvalue weighted by atomic mass is 32.1. The molecule has 19 heavy (non-hydrogen) atoms. The molecular formula is C15H27N3S. The van der Waals surface area contributed by atoms with Gasteiger partial charge in [-0.2, -0.15) is 0 Å². The lowest BCUT2D eigenvalue weighted by atomic mass is 10.1. The quantitative estimate of drug-likeness (QED) is 0.768. The molecule has 1 aliphatic heterocycles. The monoisotopic (exact) mass is 281 g/mol. The van der Waals surface area contributed by atoms with Gasteiger partial charge in [-0.3, -0.25) is 0 Å². The Labute approximate surface area is 121 Å². The Morgan fingerprint density at radius 1 is 1.37 bits per heavy atom. The first-order chi connectivity index (χ1) is 9.16. The molecule has 1 fully saturated rings. The van der Waals surface area contributed by atoms with Crippen molar-refractivity contribution in [2.45, 2.75) is 19.4 Å². The van der Waals surface area contributed by atoms with Crippen LogP contribution in [0, 0.1) is 5.92 Å². The van der Waals surface area contributed by atoms with Crippen LogP contribution in [0.4, 0.5) is 0 Å². The Bertz CT molecular complexity index is 350. The number of nitrogens with zero attached hydrogens (tertiary/aromatic N) is 2.